The number of fused-ring (bicyclic) bond motifs is 1. The molecule has 0 radical (unpaired) electrons. The molecule has 112 valence electrons. The molecule has 1 unspecified atom stereocenters. The highest BCUT2D eigenvalue weighted by atomic mass is 32.2. The highest BCUT2D eigenvalue weighted by Gasteiger charge is 2.34. The minimum absolute atomic E-state index is 0.0484. The number of rotatable bonds is 4. The number of carboxylic acids is 1. The normalized spacial score (nSPS) is 20.7. The molecule has 1 saturated heterocycles. The molecule has 1 fully saturated rings. The van der Waals surface area contributed by atoms with Crippen LogP contribution in [0.5, 0.6) is 0 Å². The second-order valence-corrected chi connectivity index (χ2v) is 7.02. The monoisotopic (exact) mass is 312 g/mol. The predicted molar refractivity (Wildman–Crippen MR) is 70.6 cm³/mol. The number of nitrogens with zero attached hydrogens (tertiary/aromatic N) is 6. The van der Waals surface area contributed by atoms with Gasteiger partial charge >= 0.3 is 5.97 Å². The van der Waals surface area contributed by atoms with Crippen molar-refractivity contribution in [1.82, 2.24) is 25.0 Å². The Balaban J connectivity index is 2.03. The zero-order valence-electron chi connectivity index (χ0n) is 10.8. The van der Waals surface area contributed by atoms with E-state index in [-0.39, 0.29) is 18.1 Å². The zero-order chi connectivity index (χ0) is 15.0. The summed E-state index contributed by atoms with van der Waals surface area (Å²) in [5.74, 6) is -0.739. The second kappa shape index (κ2) is 4.91. The topological polar surface area (TPSA) is 131 Å². The third-order valence-electron chi connectivity index (χ3n) is 3.34. The van der Waals surface area contributed by atoms with Crippen LogP contribution in [0, 0.1) is 0 Å². The Hall–Kier alpha value is -2.30. The van der Waals surface area contributed by atoms with Crippen LogP contribution in [0.3, 0.4) is 0 Å². The fourth-order valence-electron chi connectivity index (χ4n) is 2.42. The van der Waals surface area contributed by atoms with Crippen LogP contribution in [0.2, 0.25) is 0 Å². The van der Waals surface area contributed by atoms with Gasteiger partial charge in [-0.2, -0.15) is 4.52 Å². The molecular formula is C10H12N6O4S. The van der Waals surface area contributed by atoms with Crippen molar-refractivity contribution in [3.05, 3.63) is 12.4 Å². The van der Waals surface area contributed by atoms with E-state index in [2.05, 4.69) is 20.5 Å². The summed E-state index contributed by atoms with van der Waals surface area (Å²) < 4.78 is 24.6. The molecule has 0 bridgehead atoms. The summed E-state index contributed by atoms with van der Waals surface area (Å²) in [5, 5.41) is 20.1. The Morgan fingerprint density at radius 1 is 1.48 bits per heavy atom. The number of aromatic nitrogens is 5. The Morgan fingerprint density at radius 2 is 2.29 bits per heavy atom. The lowest BCUT2D eigenvalue weighted by atomic mass is 10.2. The van der Waals surface area contributed by atoms with E-state index in [9.17, 15) is 13.2 Å². The first-order valence-electron chi connectivity index (χ1n) is 6.17. The quantitative estimate of drug-likeness (QED) is 0.723. The molecular weight excluding hydrogens is 300 g/mol. The molecule has 0 saturated carbocycles. The van der Waals surface area contributed by atoms with E-state index in [4.69, 9.17) is 5.11 Å². The summed E-state index contributed by atoms with van der Waals surface area (Å²) >= 11 is 0. The first kappa shape index (κ1) is 13.7. The fraction of sp³-hybridized carbons (Fsp3) is 0.500. The molecule has 1 aliphatic heterocycles. The number of carbonyl (C=O) groups is 1. The van der Waals surface area contributed by atoms with E-state index in [1.165, 1.54) is 21.8 Å². The van der Waals surface area contributed by atoms with Crippen LogP contribution >= 0.6 is 0 Å². The van der Waals surface area contributed by atoms with E-state index >= 15 is 0 Å². The highest BCUT2D eigenvalue weighted by molar-refractivity contribution is 7.91. The van der Waals surface area contributed by atoms with E-state index in [1.54, 1.807) is 0 Å². The maximum atomic E-state index is 11.6. The molecule has 0 amide bonds. The summed E-state index contributed by atoms with van der Waals surface area (Å²) in [7, 11) is -3.14. The molecule has 2 aromatic rings. The lowest BCUT2D eigenvalue weighted by molar-refractivity contribution is -0.135. The number of sulfone groups is 1. The van der Waals surface area contributed by atoms with Crippen molar-refractivity contribution in [3.63, 3.8) is 0 Å². The third-order valence-corrected chi connectivity index (χ3v) is 5.09. The van der Waals surface area contributed by atoms with Gasteiger partial charge in [0.2, 0.25) is 0 Å². The van der Waals surface area contributed by atoms with Gasteiger partial charge in [0.05, 0.1) is 23.9 Å². The lowest BCUT2D eigenvalue weighted by Gasteiger charge is -2.27. The van der Waals surface area contributed by atoms with E-state index in [0.29, 0.717) is 17.9 Å². The van der Waals surface area contributed by atoms with Gasteiger partial charge in [-0.1, -0.05) is 0 Å². The van der Waals surface area contributed by atoms with E-state index in [0.717, 1.165) is 0 Å². The number of tetrazole rings is 1. The lowest BCUT2D eigenvalue weighted by Crippen LogP contribution is -2.41. The van der Waals surface area contributed by atoms with E-state index in [1.807, 2.05) is 0 Å². The summed E-state index contributed by atoms with van der Waals surface area (Å²) in [6.07, 6.45) is 3.24. The number of hydrogen-bond donors (Lipinski definition) is 1. The maximum absolute atomic E-state index is 11.6. The molecule has 0 aromatic carbocycles. The standard InChI is InChI=1S/C10H12N6O4S/c17-10(18)5-15(7-1-2-21(19,20)6-7)9-4-11-3-8-12-13-14-16(8)9/h3-4,7H,1-2,5-6H2,(H,17,18). The molecule has 0 aliphatic carbocycles. The van der Waals surface area contributed by atoms with Gasteiger partial charge in [0.25, 0.3) is 0 Å². The Kier molecular flexibility index (Phi) is 3.20. The maximum Gasteiger partial charge on any atom is 0.323 e. The van der Waals surface area contributed by atoms with Crippen molar-refractivity contribution < 1.29 is 18.3 Å². The smallest absolute Gasteiger partial charge is 0.323 e. The molecule has 1 aliphatic rings. The average molecular weight is 312 g/mol. The van der Waals surface area contributed by atoms with Crippen LogP contribution in [0.4, 0.5) is 5.82 Å². The number of carboxylic acid groups (broad SMARTS) is 1. The Labute approximate surface area is 119 Å². The number of hydrogen-bond acceptors (Lipinski definition) is 8. The van der Waals surface area contributed by atoms with Gasteiger partial charge in [-0.15, -0.1) is 5.10 Å². The first-order chi connectivity index (χ1) is 9.96. The molecule has 21 heavy (non-hydrogen) atoms. The molecule has 11 heteroatoms. The molecule has 1 N–H and O–H groups in total. The Morgan fingerprint density at radius 3 is 2.95 bits per heavy atom. The number of aliphatic carboxylic acids is 1. The molecule has 2 aromatic heterocycles. The SMILES string of the molecule is O=C(O)CN(c1cncc2nnnn12)C1CCS(=O)(=O)C1. The van der Waals surface area contributed by atoms with Gasteiger partial charge < -0.3 is 10.0 Å². The largest absolute Gasteiger partial charge is 0.480 e. The van der Waals surface area contributed by atoms with Crippen molar-refractivity contribution >= 4 is 27.3 Å². The van der Waals surface area contributed by atoms with Crippen LogP contribution in [-0.4, -0.2) is 68.6 Å². The van der Waals surface area contributed by atoms with Gasteiger partial charge in [-0.3, -0.25) is 9.78 Å². The van der Waals surface area contributed by atoms with Crippen LogP contribution in [0.15, 0.2) is 12.4 Å². The summed E-state index contributed by atoms with van der Waals surface area (Å²) in [5.41, 5.74) is 0.365. The fourth-order valence-corrected chi connectivity index (χ4v) is 4.15. The molecule has 0 spiro atoms. The third kappa shape index (κ3) is 2.63. The van der Waals surface area contributed by atoms with E-state index < -0.39 is 21.8 Å². The van der Waals surface area contributed by atoms with Crippen LogP contribution in [-0.2, 0) is 14.6 Å². The van der Waals surface area contributed by atoms with Gasteiger partial charge in [-0.25, -0.2) is 8.42 Å². The minimum Gasteiger partial charge on any atom is -0.480 e. The number of anilines is 1. The van der Waals surface area contributed by atoms with Crippen molar-refractivity contribution in [2.24, 2.45) is 0 Å². The van der Waals surface area contributed by atoms with Gasteiger partial charge in [-0.05, 0) is 16.8 Å². The average Bonchev–Trinajstić information content (AvgIpc) is 3.01. The molecule has 3 rings (SSSR count). The minimum atomic E-state index is -3.14. The van der Waals surface area contributed by atoms with Crippen molar-refractivity contribution in [1.29, 1.82) is 0 Å². The Bertz CT molecular complexity index is 788. The highest BCUT2D eigenvalue weighted by Crippen LogP contribution is 2.23. The van der Waals surface area contributed by atoms with Gasteiger partial charge in [0.15, 0.2) is 21.3 Å². The van der Waals surface area contributed by atoms with Crippen LogP contribution < -0.4 is 4.90 Å². The van der Waals surface area contributed by atoms with Crippen LogP contribution in [0.25, 0.3) is 5.65 Å². The zero-order valence-corrected chi connectivity index (χ0v) is 11.6. The van der Waals surface area contributed by atoms with Crippen molar-refractivity contribution in [2.75, 3.05) is 23.0 Å². The summed E-state index contributed by atoms with van der Waals surface area (Å²) in [6, 6.07) is -0.428. The predicted octanol–water partition coefficient (Wildman–Crippen LogP) is -1.40. The van der Waals surface area contributed by atoms with Gasteiger partial charge in [0.1, 0.15) is 6.54 Å². The van der Waals surface area contributed by atoms with Crippen molar-refractivity contribution in [2.45, 2.75) is 12.5 Å². The second-order valence-electron chi connectivity index (χ2n) is 4.79. The molecule has 1 atom stereocenters. The van der Waals surface area contributed by atoms with Crippen molar-refractivity contribution in [3.8, 4) is 0 Å². The van der Waals surface area contributed by atoms with Crippen LogP contribution in [0.1, 0.15) is 6.42 Å². The molecule has 3 heterocycles. The first-order valence-corrected chi connectivity index (χ1v) is 7.99. The summed E-state index contributed by atoms with van der Waals surface area (Å²) in [4.78, 5) is 16.6. The van der Waals surface area contributed by atoms with Gasteiger partial charge in [0, 0.05) is 6.04 Å². The molecule has 10 nitrogen and oxygen atoms in total. The summed E-state index contributed by atoms with van der Waals surface area (Å²) in [6.45, 7) is -0.346.